The first kappa shape index (κ1) is 19.4. The SMILES string of the molecule is CON(C)S(=O)(=O)c1cccc(C(=O)N(C)Cc2nc3ccccc3s2)c1. The van der Waals surface area contributed by atoms with Gasteiger partial charge in [-0.1, -0.05) is 22.7 Å². The Bertz CT molecular complexity index is 1050. The van der Waals surface area contributed by atoms with Gasteiger partial charge < -0.3 is 4.90 Å². The van der Waals surface area contributed by atoms with E-state index in [0.717, 1.165) is 19.7 Å². The summed E-state index contributed by atoms with van der Waals surface area (Å²) >= 11 is 1.53. The summed E-state index contributed by atoms with van der Waals surface area (Å²) in [6, 6.07) is 13.7. The van der Waals surface area contributed by atoms with E-state index in [1.807, 2.05) is 24.3 Å². The topological polar surface area (TPSA) is 79.8 Å². The van der Waals surface area contributed by atoms with Crippen molar-refractivity contribution in [3.8, 4) is 0 Å². The quantitative estimate of drug-likeness (QED) is 0.589. The van der Waals surface area contributed by atoms with Gasteiger partial charge in [-0.15, -0.1) is 11.3 Å². The lowest BCUT2D eigenvalue weighted by Gasteiger charge is -2.17. The summed E-state index contributed by atoms with van der Waals surface area (Å²) in [5.41, 5.74) is 1.18. The first-order valence-corrected chi connectivity index (χ1v) is 10.3. The van der Waals surface area contributed by atoms with Gasteiger partial charge in [-0.3, -0.25) is 9.63 Å². The highest BCUT2D eigenvalue weighted by molar-refractivity contribution is 7.89. The summed E-state index contributed by atoms with van der Waals surface area (Å²) in [4.78, 5) is 23.5. The Morgan fingerprint density at radius 3 is 2.59 bits per heavy atom. The third kappa shape index (κ3) is 4.01. The maximum atomic E-state index is 12.7. The number of aromatic nitrogens is 1. The molecule has 0 bridgehead atoms. The number of carbonyl (C=O) groups is 1. The minimum atomic E-state index is -3.82. The van der Waals surface area contributed by atoms with Crippen molar-refractivity contribution in [3.05, 3.63) is 59.1 Å². The number of rotatable bonds is 6. The second kappa shape index (κ2) is 7.73. The van der Waals surface area contributed by atoms with E-state index in [4.69, 9.17) is 4.84 Å². The molecule has 3 rings (SSSR count). The molecule has 0 atom stereocenters. The van der Waals surface area contributed by atoms with E-state index >= 15 is 0 Å². The molecule has 0 saturated carbocycles. The van der Waals surface area contributed by atoms with E-state index < -0.39 is 10.0 Å². The van der Waals surface area contributed by atoms with Crippen molar-refractivity contribution in [2.24, 2.45) is 0 Å². The van der Waals surface area contributed by atoms with Crippen LogP contribution >= 0.6 is 11.3 Å². The van der Waals surface area contributed by atoms with E-state index in [-0.39, 0.29) is 16.4 Å². The molecule has 0 aliphatic carbocycles. The molecule has 0 fully saturated rings. The Balaban J connectivity index is 1.81. The molecule has 0 unspecified atom stereocenters. The highest BCUT2D eigenvalue weighted by atomic mass is 32.2. The molecule has 27 heavy (non-hydrogen) atoms. The average molecular weight is 406 g/mol. The molecular formula is C18H19N3O4S2. The smallest absolute Gasteiger partial charge is 0.264 e. The van der Waals surface area contributed by atoms with Crippen LogP contribution in [0.5, 0.6) is 0 Å². The maximum Gasteiger partial charge on any atom is 0.264 e. The van der Waals surface area contributed by atoms with Crippen molar-refractivity contribution >= 4 is 37.5 Å². The molecule has 1 heterocycles. The van der Waals surface area contributed by atoms with E-state index in [0.29, 0.717) is 6.54 Å². The summed E-state index contributed by atoms with van der Waals surface area (Å²) in [7, 11) is 0.404. The van der Waals surface area contributed by atoms with Crippen molar-refractivity contribution in [2.45, 2.75) is 11.4 Å². The van der Waals surface area contributed by atoms with Gasteiger partial charge in [0.2, 0.25) is 0 Å². The Hall–Kier alpha value is -2.33. The van der Waals surface area contributed by atoms with Crippen LogP contribution in [-0.4, -0.2) is 49.9 Å². The van der Waals surface area contributed by atoms with Gasteiger partial charge in [0.05, 0.1) is 28.8 Å². The summed E-state index contributed by atoms with van der Waals surface area (Å²) in [5.74, 6) is -0.286. The third-order valence-electron chi connectivity index (χ3n) is 4.03. The fraction of sp³-hybridized carbons (Fsp3) is 0.222. The van der Waals surface area contributed by atoms with Crippen LogP contribution in [0.4, 0.5) is 0 Å². The Labute approximate surface area is 161 Å². The summed E-state index contributed by atoms with van der Waals surface area (Å²) in [6.45, 7) is 0.340. The van der Waals surface area contributed by atoms with Crippen LogP contribution in [0.1, 0.15) is 15.4 Å². The molecular weight excluding hydrogens is 386 g/mol. The predicted molar refractivity (Wildman–Crippen MR) is 104 cm³/mol. The first-order chi connectivity index (χ1) is 12.8. The van der Waals surface area contributed by atoms with Gasteiger partial charge in [0.1, 0.15) is 5.01 Å². The van der Waals surface area contributed by atoms with Crippen LogP contribution in [-0.2, 0) is 21.4 Å². The van der Waals surface area contributed by atoms with Gasteiger partial charge in [0, 0.05) is 19.7 Å². The molecule has 0 aliphatic heterocycles. The zero-order valence-corrected chi connectivity index (χ0v) is 16.8. The Morgan fingerprint density at radius 2 is 1.89 bits per heavy atom. The number of amides is 1. The second-order valence-corrected chi connectivity index (χ2v) is 8.91. The monoisotopic (exact) mass is 405 g/mol. The number of para-hydroxylation sites is 1. The van der Waals surface area contributed by atoms with Gasteiger partial charge in [-0.05, 0) is 30.3 Å². The van der Waals surface area contributed by atoms with Gasteiger partial charge in [0.25, 0.3) is 15.9 Å². The van der Waals surface area contributed by atoms with E-state index in [9.17, 15) is 13.2 Å². The fourth-order valence-corrected chi connectivity index (χ4v) is 4.56. The highest BCUT2D eigenvalue weighted by Gasteiger charge is 2.23. The number of benzene rings is 2. The van der Waals surface area contributed by atoms with Crippen LogP contribution in [0.2, 0.25) is 0 Å². The van der Waals surface area contributed by atoms with Crippen LogP contribution in [0.15, 0.2) is 53.4 Å². The lowest BCUT2D eigenvalue weighted by molar-refractivity contribution is -0.0258. The van der Waals surface area contributed by atoms with Crippen molar-refractivity contribution in [1.82, 2.24) is 14.4 Å². The molecule has 0 saturated heterocycles. The number of thiazole rings is 1. The lowest BCUT2D eigenvalue weighted by atomic mass is 10.2. The minimum absolute atomic E-state index is 0.00825. The lowest BCUT2D eigenvalue weighted by Crippen LogP contribution is -2.28. The molecule has 0 N–H and O–H groups in total. The number of hydroxylamine groups is 1. The zero-order chi connectivity index (χ0) is 19.6. The minimum Gasteiger partial charge on any atom is -0.335 e. The molecule has 9 heteroatoms. The molecule has 142 valence electrons. The molecule has 0 aliphatic rings. The maximum absolute atomic E-state index is 12.7. The van der Waals surface area contributed by atoms with Crippen molar-refractivity contribution in [3.63, 3.8) is 0 Å². The van der Waals surface area contributed by atoms with E-state index in [2.05, 4.69) is 4.98 Å². The van der Waals surface area contributed by atoms with Crippen LogP contribution < -0.4 is 0 Å². The van der Waals surface area contributed by atoms with E-state index in [1.165, 1.54) is 48.6 Å². The van der Waals surface area contributed by atoms with Crippen molar-refractivity contribution in [1.29, 1.82) is 0 Å². The fourth-order valence-electron chi connectivity index (χ4n) is 2.52. The third-order valence-corrected chi connectivity index (χ3v) is 6.73. The summed E-state index contributed by atoms with van der Waals surface area (Å²) in [5, 5.41) is 0.815. The van der Waals surface area contributed by atoms with Gasteiger partial charge >= 0.3 is 0 Å². The molecule has 7 nitrogen and oxygen atoms in total. The first-order valence-electron chi connectivity index (χ1n) is 8.06. The number of hydrogen-bond acceptors (Lipinski definition) is 6. The molecule has 1 aromatic heterocycles. The van der Waals surface area contributed by atoms with Crippen LogP contribution in [0.3, 0.4) is 0 Å². The number of sulfonamides is 1. The number of carbonyl (C=O) groups excluding carboxylic acids is 1. The average Bonchev–Trinajstić information content (AvgIpc) is 3.08. The molecule has 2 aromatic carbocycles. The van der Waals surface area contributed by atoms with Gasteiger partial charge in [0.15, 0.2) is 0 Å². The van der Waals surface area contributed by atoms with Crippen LogP contribution in [0.25, 0.3) is 10.2 Å². The largest absolute Gasteiger partial charge is 0.335 e. The number of fused-ring (bicyclic) bond motifs is 1. The van der Waals surface area contributed by atoms with Gasteiger partial charge in [-0.25, -0.2) is 13.4 Å². The van der Waals surface area contributed by atoms with Crippen LogP contribution in [0, 0.1) is 0 Å². The molecule has 0 radical (unpaired) electrons. The van der Waals surface area contributed by atoms with E-state index in [1.54, 1.807) is 13.1 Å². The van der Waals surface area contributed by atoms with Gasteiger partial charge in [-0.2, -0.15) is 0 Å². The molecule has 0 spiro atoms. The van der Waals surface area contributed by atoms with Crippen molar-refractivity contribution in [2.75, 3.05) is 21.2 Å². The van der Waals surface area contributed by atoms with Crippen molar-refractivity contribution < 1.29 is 18.0 Å². The highest BCUT2D eigenvalue weighted by Crippen LogP contribution is 2.23. The number of nitrogens with zero attached hydrogens (tertiary/aromatic N) is 3. The summed E-state index contributed by atoms with van der Waals surface area (Å²) < 4.78 is 26.5. The number of hydrogen-bond donors (Lipinski definition) is 0. The predicted octanol–water partition coefficient (Wildman–Crippen LogP) is 2.75. The molecule has 1 amide bonds. The standard InChI is InChI=1S/C18H19N3O4S2/c1-20(12-17-19-15-9-4-5-10-16(15)26-17)18(22)13-7-6-8-14(11-13)27(23,24)21(2)25-3/h4-11H,12H2,1-3H3. The Morgan fingerprint density at radius 1 is 1.15 bits per heavy atom. The molecule has 3 aromatic rings. The summed E-state index contributed by atoms with van der Waals surface area (Å²) in [6.07, 6.45) is 0. The normalized spacial score (nSPS) is 11.9. The second-order valence-electron chi connectivity index (χ2n) is 5.86. The Kier molecular flexibility index (Phi) is 5.56. The zero-order valence-electron chi connectivity index (χ0n) is 15.1.